The van der Waals surface area contributed by atoms with Gasteiger partial charge in [0.1, 0.15) is 5.82 Å². The third-order valence-electron chi connectivity index (χ3n) is 5.15. The van der Waals surface area contributed by atoms with E-state index < -0.39 is 11.2 Å². The maximum absolute atomic E-state index is 13.4. The molecule has 0 spiro atoms. The summed E-state index contributed by atoms with van der Waals surface area (Å²) in [5.41, 5.74) is 7.01. The van der Waals surface area contributed by atoms with E-state index in [1.807, 2.05) is 68.4 Å². The first-order chi connectivity index (χ1) is 15.4. The van der Waals surface area contributed by atoms with Gasteiger partial charge in [0.2, 0.25) is 5.91 Å². The summed E-state index contributed by atoms with van der Waals surface area (Å²) >= 11 is 1.41. The number of nitrogens with one attached hydrogen (secondary N) is 1. The van der Waals surface area contributed by atoms with Crippen LogP contribution in [0.1, 0.15) is 30.9 Å². The molecule has 7 nitrogen and oxygen atoms in total. The molecule has 0 radical (unpaired) electrons. The molecule has 0 bridgehead atoms. The molecule has 1 heterocycles. The van der Waals surface area contributed by atoms with Crippen LogP contribution >= 0.6 is 11.8 Å². The Hall–Kier alpha value is -3.26. The van der Waals surface area contributed by atoms with Crippen LogP contribution in [0.3, 0.4) is 0 Å². The van der Waals surface area contributed by atoms with Gasteiger partial charge in [0.25, 0.3) is 5.56 Å². The molecule has 2 aromatic carbocycles. The highest BCUT2D eigenvalue weighted by Gasteiger charge is 2.24. The number of amides is 1. The Kier molecular flexibility index (Phi) is 7.94. The molecule has 0 aliphatic carbocycles. The summed E-state index contributed by atoms with van der Waals surface area (Å²) in [6, 6.07) is 17.2. The van der Waals surface area contributed by atoms with E-state index in [9.17, 15) is 14.4 Å². The molecule has 0 atom stereocenters. The monoisotopic (exact) mass is 452 g/mol. The van der Waals surface area contributed by atoms with Crippen LogP contribution in [-0.2, 0) is 17.9 Å². The molecule has 3 N–H and O–H groups in total. The van der Waals surface area contributed by atoms with E-state index in [1.165, 1.54) is 21.2 Å². The lowest BCUT2D eigenvalue weighted by molar-refractivity contribution is -0.116. The van der Waals surface area contributed by atoms with Crippen molar-refractivity contribution in [3.05, 3.63) is 86.6 Å². The second-order valence-electron chi connectivity index (χ2n) is 7.52. The number of unbranched alkanes of at least 4 members (excludes halogenated alkanes) is 1. The maximum atomic E-state index is 13.4. The summed E-state index contributed by atoms with van der Waals surface area (Å²) < 4.78 is 1.33. The van der Waals surface area contributed by atoms with Gasteiger partial charge in [-0.25, -0.2) is 4.79 Å². The van der Waals surface area contributed by atoms with Crippen LogP contribution < -0.4 is 21.9 Å². The summed E-state index contributed by atoms with van der Waals surface area (Å²) in [6.07, 6.45) is 1.59. The topological polar surface area (TPSA) is 101 Å². The minimum atomic E-state index is -0.662. The van der Waals surface area contributed by atoms with Gasteiger partial charge in [-0.2, -0.15) is 0 Å². The number of rotatable bonds is 9. The minimum Gasteiger partial charge on any atom is -0.383 e. The van der Waals surface area contributed by atoms with E-state index >= 15 is 0 Å². The summed E-state index contributed by atoms with van der Waals surface area (Å²) in [5, 5.41) is 0. The molecule has 32 heavy (non-hydrogen) atoms. The van der Waals surface area contributed by atoms with E-state index in [0.29, 0.717) is 6.54 Å². The van der Waals surface area contributed by atoms with Crippen LogP contribution in [0.25, 0.3) is 0 Å². The van der Waals surface area contributed by atoms with Crippen molar-refractivity contribution in [3.8, 4) is 0 Å². The van der Waals surface area contributed by atoms with Crippen LogP contribution in [0, 0.1) is 6.92 Å². The van der Waals surface area contributed by atoms with Crippen molar-refractivity contribution >= 4 is 29.2 Å². The number of hydrogen-bond acceptors (Lipinski definition) is 5. The smallest absolute Gasteiger partial charge is 0.330 e. The molecule has 0 fully saturated rings. The van der Waals surface area contributed by atoms with E-state index in [1.54, 1.807) is 0 Å². The number of nitrogens with two attached hydrogens (primary N) is 1. The van der Waals surface area contributed by atoms with Crippen molar-refractivity contribution < 1.29 is 4.79 Å². The highest BCUT2D eigenvalue weighted by molar-refractivity contribution is 8.00. The Labute approximate surface area is 191 Å². The van der Waals surface area contributed by atoms with Gasteiger partial charge in [0.15, 0.2) is 5.69 Å². The standard InChI is InChI=1S/C24H28N4O3S/c1-3-4-14-27-22(25)21(23(30)26-24(27)31)28(15-18-11-6-5-7-12-18)20(29)16-32-19-13-9-8-10-17(19)2/h5-13H,3-4,14-16,25H2,1-2H3,(H,26,30,31). The zero-order chi connectivity index (χ0) is 23.1. The summed E-state index contributed by atoms with van der Waals surface area (Å²) in [5.74, 6) is -0.123. The molecule has 0 aliphatic rings. The van der Waals surface area contributed by atoms with Gasteiger partial charge in [-0.15, -0.1) is 11.8 Å². The lowest BCUT2D eigenvalue weighted by Crippen LogP contribution is -2.41. The van der Waals surface area contributed by atoms with Crippen LogP contribution in [0.15, 0.2) is 69.1 Å². The fourth-order valence-electron chi connectivity index (χ4n) is 3.37. The van der Waals surface area contributed by atoms with Gasteiger partial charge in [-0.1, -0.05) is 61.9 Å². The molecular weight excluding hydrogens is 424 g/mol. The summed E-state index contributed by atoms with van der Waals surface area (Å²) in [4.78, 5) is 43.2. The maximum Gasteiger partial charge on any atom is 0.330 e. The number of carbonyl (C=O) groups excluding carboxylic acids is 1. The lowest BCUT2D eigenvalue weighted by atomic mass is 10.2. The number of benzene rings is 2. The molecule has 1 aromatic heterocycles. The van der Waals surface area contributed by atoms with Gasteiger partial charge in [-0.3, -0.25) is 24.0 Å². The number of hydrogen-bond donors (Lipinski definition) is 2. The number of aryl methyl sites for hydroxylation is 1. The molecule has 0 aliphatic heterocycles. The predicted octanol–water partition coefficient (Wildman–Crippen LogP) is 3.55. The zero-order valence-corrected chi connectivity index (χ0v) is 19.2. The molecule has 0 unspecified atom stereocenters. The first kappa shape index (κ1) is 23.4. The number of nitrogen functional groups attached to an aromatic ring is 1. The van der Waals surface area contributed by atoms with Crippen molar-refractivity contribution in [1.82, 2.24) is 9.55 Å². The third-order valence-corrected chi connectivity index (χ3v) is 6.31. The number of anilines is 2. The summed E-state index contributed by atoms with van der Waals surface area (Å²) in [6.45, 7) is 4.53. The predicted molar refractivity (Wildman–Crippen MR) is 130 cm³/mol. The van der Waals surface area contributed by atoms with E-state index in [0.717, 1.165) is 28.9 Å². The van der Waals surface area contributed by atoms with Crippen molar-refractivity contribution in [1.29, 1.82) is 0 Å². The van der Waals surface area contributed by atoms with Crippen LogP contribution in [-0.4, -0.2) is 21.2 Å². The van der Waals surface area contributed by atoms with Gasteiger partial charge < -0.3 is 5.73 Å². The van der Waals surface area contributed by atoms with Crippen molar-refractivity contribution in [3.63, 3.8) is 0 Å². The Bertz CT molecular complexity index is 1190. The molecule has 168 valence electrons. The fraction of sp³-hybridized carbons (Fsp3) is 0.292. The van der Waals surface area contributed by atoms with Crippen LogP contribution in [0.5, 0.6) is 0 Å². The third kappa shape index (κ3) is 5.50. The highest BCUT2D eigenvalue weighted by Crippen LogP contribution is 2.25. The Morgan fingerprint density at radius 3 is 2.47 bits per heavy atom. The van der Waals surface area contributed by atoms with Gasteiger partial charge >= 0.3 is 5.69 Å². The first-order valence-corrected chi connectivity index (χ1v) is 11.6. The first-order valence-electron chi connectivity index (χ1n) is 10.6. The number of H-pyrrole nitrogens is 1. The van der Waals surface area contributed by atoms with Gasteiger partial charge in [0, 0.05) is 11.4 Å². The van der Waals surface area contributed by atoms with Crippen molar-refractivity contribution in [2.45, 2.75) is 44.7 Å². The SMILES string of the molecule is CCCCn1c(N)c(N(Cc2ccccc2)C(=O)CSc2ccccc2C)c(=O)[nH]c1=O. The lowest BCUT2D eigenvalue weighted by Gasteiger charge is -2.25. The molecule has 8 heteroatoms. The quantitative estimate of drug-likeness (QED) is 0.484. The second kappa shape index (κ2) is 10.9. The van der Waals surface area contributed by atoms with Gasteiger partial charge in [-0.05, 0) is 30.5 Å². The average molecular weight is 453 g/mol. The van der Waals surface area contributed by atoms with E-state index in [-0.39, 0.29) is 29.7 Å². The zero-order valence-electron chi connectivity index (χ0n) is 18.3. The largest absolute Gasteiger partial charge is 0.383 e. The van der Waals surface area contributed by atoms with Crippen LogP contribution in [0.2, 0.25) is 0 Å². The minimum absolute atomic E-state index is 0.0115. The Morgan fingerprint density at radius 2 is 1.78 bits per heavy atom. The Morgan fingerprint density at radius 1 is 1.09 bits per heavy atom. The van der Waals surface area contributed by atoms with Crippen molar-refractivity contribution in [2.24, 2.45) is 0 Å². The number of aromatic amines is 1. The molecular formula is C24H28N4O3S. The Balaban J connectivity index is 1.99. The van der Waals surface area contributed by atoms with Gasteiger partial charge in [0.05, 0.1) is 12.3 Å². The molecule has 0 saturated heterocycles. The molecule has 3 rings (SSSR count). The number of aromatic nitrogens is 2. The average Bonchev–Trinajstić information content (AvgIpc) is 2.78. The second-order valence-corrected chi connectivity index (χ2v) is 8.54. The fourth-order valence-corrected chi connectivity index (χ4v) is 4.28. The molecule has 3 aromatic rings. The molecule has 1 amide bonds. The van der Waals surface area contributed by atoms with Crippen LogP contribution in [0.4, 0.5) is 11.5 Å². The highest BCUT2D eigenvalue weighted by atomic mass is 32.2. The number of nitrogens with zero attached hydrogens (tertiary/aromatic N) is 2. The summed E-state index contributed by atoms with van der Waals surface area (Å²) in [7, 11) is 0. The normalized spacial score (nSPS) is 10.8. The van der Waals surface area contributed by atoms with E-state index in [4.69, 9.17) is 5.73 Å². The van der Waals surface area contributed by atoms with Crippen molar-refractivity contribution in [2.75, 3.05) is 16.4 Å². The number of carbonyl (C=O) groups is 1. The van der Waals surface area contributed by atoms with E-state index in [2.05, 4.69) is 4.98 Å². The molecule has 0 saturated carbocycles. The number of thioether (sulfide) groups is 1.